The highest BCUT2D eigenvalue weighted by molar-refractivity contribution is 14.1. The number of carbonyl (C=O) groups excluding carboxylic acids is 1. The monoisotopic (exact) mass is 268 g/mol. The van der Waals surface area contributed by atoms with Gasteiger partial charge in [-0.2, -0.15) is 0 Å². The summed E-state index contributed by atoms with van der Waals surface area (Å²) in [5, 5.41) is 0. The van der Waals surface area contributed by atoms with E-state index in [4.69, 9.17) is 4.74 Å². The summed E-state index contributed by atoms with van der Waals surface area (Å²) in [5.41, 5.74) is 0. The van der Waals surface area contributed by atoms with Crippen molar-refractivity contribution in [3.63, 3.8) is 0 Å². The fourth-order valence-electron chi connectivity index (χ4n) is 1.40. The third-order valence-electron chi connectivity index (χ3n) is 1.94. The Kier molecular flexibility index (Phi) is 3.62. The molecule has 0 aromatic carbocycles. The van der Waals surface area contributed by atoms with Crippen molar-refractivity contribution in [1.82, 2.24) is 0 Å². The van der Waals surface area contributed by atoms with Crippen molar-refractivity contribution < 1.29 is 9.53 Å². The summed E-state index contributed by atoms with van der Waals surface area (Å²) in [7, 11) is 0. The molecule has 1 fully saturated rings. The maximum absolute atomic E-state index is 10.6. The van der Waals surface area contributed by atoms with Crippen LogP contribution in [0.25, 0.3) is 0 Å². The summed E-state index contributed by atoms with van der Waals surface area (Å²) in [6.07, 6.45) is 4.91. The van der Waals surface area contributed by atoms with Crippen LogP contribution in [-0.4, -0.2) is 16.0 Å². The molecule has 0 spiro atoms. The second-order valence-corrected chi connectivity index (χ2v) is 4.55. The number of ether oxygens (including phenoxy) is 1. The third-order valence-corrected chi connectivity index (χ3v) is 3.36. The lowest BCUT2D eigenvalue weighted by Gasteiger charge is -2.26. The molecule has 2 nitrogen and oxygen atoms in total. The van der Waals surface area contributed by atoms with Crippen LogP contribution < -0.4 is 0 Å². The lowest BCUT2D eigenvalue weighted by atomic mass is 9.98. The maximum Gasteiger partial charge on any atom is 0.302 e. The van der Waals surface area contributed by atoms with Crippen LogP contribution in [0.3, 0.4) is 0 Å². The predicted molar refractivity (Wildman–Crippen MR) is 51.8 cm³/mol. The van der Waals surface area contributed by atoms with E-state index in [2.05, 4.69) is 22.6 Å². The van der Waals surface area contributed by atoms with E-state index in [-0.39, 0.29) is 12.1 Å². The predicted octanol–water partition coefficient (Wildman–Crippen LogP) is 2.30. The molecule has 1 saturated carbocycles. The molecule has 0 saturated heterocycles. The molecular formula is C8H13IO2. The fourth-order valence-corrected chi connectivity index (χ4v) is 2.34. The van der Waals surface area contributed by atoms with Crippen molar-refractivity contribution in [3.8, 4) is 0 Å². The molecule has 3 heteroatoms. The van der Waals surface area contributed by atoms with E-state index in [0.29, 0.717) is 3.92 Å². The molecule has 0 unspecified atom stereocenters. The number of rotatable bonds is 1. The number of hydrogen-bond acceptors (Lipinski definition) is 2. The summed E-state index contributed by atoms with van der Waals surface area (Å²) in [5.74, 6) is -0.140. The second-order valence-electron chi connectivity index (χ2n) is 2.95. The summed E-state index contributed by atoms with van der Waals surface area (Å²) in [6.45, 7) is 1.48. The van der Waals surface area contributed by atoms with Crippen molar-refractivity contribution in [3.05, 3.63) is 0 Å². The molecule has 0 aliphatic heterocycles. The fraction of sp³-hybridized carbons (Fsp3) is 0.875. The van der Waals surface area contributed by atoms with E-state index in [1.165, 1.54) is 26.2 Å². The quantitative estimate of drug-likeness (QED) is 0.414. The van der Waals surface area contributed by atoms with Crippen LogP contribution in [0, 0.1) is 0 Å². The Bertz CT molecular complexity index is 147. The Hall–Kier alpha value is 0.200. The van der Waals surface area contributed by atoms with Crippen LogP contribution in [0.5, 0.6) is 0 Å². The smallest absolute Gasteiger partial charge is 0.302 e. The summed E-state index contributed by atoms with van der Waals surface area (Å²) < 4.78 is 5.69. The van der Waals surface area contributed by atoms with Gasteiger partial charge < -0.3 is 4.74 Å². The minimum Gasteiger partial charge on any atom is -0.461 e. The zero-order valence-corrected chi connectivity index (χ0v) is 8.84. The van der Waals surface area contributed by atoms with Gasteiger partial charge in [0, 0.05) is 10.8 Å². The van der Waals surface area contributed by atoms with Gasteiger partial charge in [0.25, 0.3) is 0 Å². The van der Waals surface area contributed by atoms with E-state index >= 15 is 0 Å². The Labute approximate surface area is 80.8 Å². The zero-order chi connectivity index (χ0) is 8.27. The van der Waals surface area contributed by atoms with Gasteiger partial charge in [0.15, 0.2) is 0 Å². The molecule has 0 N–H and O–H groups in total. The average molecular weight is 268 g/mol. The molecule has 0 aromatic heterocycles. The van der Waals surface area contributed by atoms with Gasteiger partial charge in [-0.3, -0.25) is 4.79 Å². The molecular weight excluding hydrogens is 255 g/mol. The molecule has 64 valence electrons. The van der Waals surface area contributed by atoms with Gasteiger partial charge in [-0.1, -0.05) is 29.0 Å². The lowest BCUT2D eigenvalue weighted by Crippen LogP contribution is -2.29. The van der Waals surface area contributed by atoms with Crippen LogP contribution >= 0.6 is 22.6 Å². The van der Waals surface area contributed by atoms with Gasteiger partial charge in [0.05, 0.1) is 0 Å². The highest BCUT2D eigenvalue weighted by Gasteiger charge is 2.24. The number of halogens is 1. The third kappa shape index (κ3) is 2.97. The lowest BCUT2D eigenvalue weighted by molar-refractivity contribution is -0.147. The van der Waals surface area contributed by atoms with Crippen LogP contribution in [-0.2, 0) is 9.53 Å². The van der Waals surface area contributed by atoms with Crippen molar-refractivity contribution in [2.75, 3.05) is 0 Å². The molecule has 0 amide bonds. The van der Waals surface area contributed by atoms with Gasteiger partial charge in [0.1, 0.15) is 6.10 Å². The Morgan fingerprint density at radius 3 is 2.64 bits per heavy atom. The summed E-state index contributed by atoms with van der Waals surface area (Å²) >= 11 is 2.37. The maximum atomic E-state index is 10.6. The number of alkyl halides is 1. The van der Waals surface area contributed by atoms with E-state index in [0.717, 1.165) is 6.42 Å². The molecule has 1 rings (SSSR count). The zero-order valence-electron chi connectivity index (χ0n) is 6.68. The van der Waals surface area contributed by atoms with Crippen molar-refractivity contribution >= 4 is 28.6 Å². The first-order chi connectivity index (χ1) is 5.20. The second kappa shape index (κ2) is 4.28. The van der Waals surface area contributed by atoms with E-state index in [9.17, 15) is 4.79 Å². The molecule has 11 heavy (non-hydrogen) atoms. The first-order valence-electron chi connectivity index (χ1n) is 4.01. The Morgan fingerprint density at radius 1 is 1.45 bits per heavy atom. The van der Waals surface area contributed by atoms with Crippen molar-refractivity contribution in [2.24, 2.45) is 0 Å². The van der Waals surface area contributed by atoms with Gasteiger partial charge in [-0.25, -0.2) is 0 Å². The van der Waals surface area contributed by atoms with E-state index in [1.807, 2.05) is 0 Å². The first kappa shape index (κ1) is 9.29. The highest BCUT2D eigenvalue weighted by atomic mass is 127. The molecule has 0 heterocycles. The topological polar surface area (TPSA) is 26.3 Å². The number of carbonyl (C=O) groups is 1. The van der Waals surface area contributed by atoms with Crippen molar-refractivity contribution in [1.29, 1.82) is 0 Å². The number of esters is 1. The normalized spacial score (nSPS) is 31.5. The van der Waals surface area contributed by atoms with Crippen LogP contribution in [0.1, 0.15) is 32.6 Å². The van der Waals surface area contributed by atoms with Crippen LogP contribution in [0.2, 0.25) is 0 Å². The van der Waals surface area contributed by atoms with E-state index < -0.39 is 0 Å². The van der Waals surface area contributed by atoms with Gasteiger partial charge in [-0.05, 0) is 19.3 Å². The highest BCUT2D eigenvalue weighted by Crippen LogP contribution is 2.27. The van der Waals surface area contributed by atoms with E-state index in [1.54, 1.807) is 0 Å². The minimum absolute atomic E-state index is 0.140. The molecule has 0 aromatic rings. The van der Waals surface area contributed by atoms with Gasteiger partial charge >= 0.3 is 5.97 Å². The minimum atomic E-state index is -0.140. The average Bonchev–Trinajstić information content (AvgIpc) is 1.93. The van der Waals surface area contributed by atoms with Gasteiger partial charge in [0.2, 0.25) is 0 Å². The summed E-state index contributed by atoms with van der Waals surface area (Å²) in [4.78, 5) is 10.6. The number of hydrogen-bond donors (Lipinski definition) is 0. The van der Waals surface area contributed by atoms with Crippen molar-refractivity contribution in [2.45, 2.75) is 42.6 Å². The van der Waals surface area contributed by atoms with Crippen LogP contribution in [0.4, 0.5) is 0 Å². The molecule has 1 aliphatic carbocycles. The van der Waals surface area contributed by atoms with Crippen LogP contribution in [0.15, 0.2) is 0 Å². The SMILES string of the molecule is CC(=O)O[C@@H]1CCCC[C@@H]1I. The molecule has 1 aliphatic rings. The van der Waals surface area contributed by atoms with Gasteiger partial charge in [-0.15, -0.1) is 0 Å². The molecule has 0 bridgehead atoms. The standard InChI is InChI=1S/C8H13IO2/c1-6(10)11-8-5-3-2-4-7(8)9/h7-8H,2-5H2,1H3/t7-,8+/m0/s1. The Balaban J connectivity index is 2.35. The molecule has 2 atom stereocenters. The summed E-state index contributed by atoms with van der Waals surface area (Å²) in [6, 6.07) is 0. The Morgan fingerprint density at radius 2 is 2.09 bits per heavy atom. The largest absolute Gasteiger partial charge is 0.461 e. The molecule has 0 radical (unpaired) electrons. The first-order valence-corrected chi connectivity index (χ1v) is 5.26.